The SMILES string of the molecule is COc1cc(/C=C2\SC(=Nc3ccccc3F)N(C3CCCCC3)C2=O)c(Br)cc1OCc1ccccc1. The Bertz CT molecular complexity index is 1370. The molecule has 0 atom stereocenters. The number of amidine groups is 1. The van der Waals surface area contributed by atoms with Crippen LogP contribution in [0.3, 0.4) is 0 Å². The van der Waals surface area contributed by atoms with Crippen LogP contribution in [0.5, 0.6) is 11.5 Å². The van der Waals surface area contributed by atoms with E-state index in [0.29, 0.717) is 28.2 Å². The molecular weight excluding hydrogens is 567 g/mol. The molecule has 0 radical (unpaired) electrons. The number of carbonyl (C=O) groups excluding carboxylic acids is 1. The topological polar surface area (TPSA) is 51.1 Å². The fourth-order valence-electron chi connectivity index (χ4n) is 4.68. The number of para-hydroxylation sites is 1. The van der Waals surface area contributed by atoms with Crippen molar-refractivity contribution < 1.29 is 18.7 Å². The van der Waals surface area contributed by atoms with Crippen molar-refractivity contribution in [2.45, 2.75) is 44.8 Å². The molecular formula is C30H28BrFN2O3S. The van der Waals surface area contributed by atoms with Gasteiger partial charge in [0.15, 0.2) is 16.7 Å². The zero-order valence-corrected chi connectivity index (χ0v) is 23.4. The van der Waals surface area contributed by atoms with Crippen LogP contribution in [0.25, 0.3) is 6.08 Å². The highest BCUT2D eigenvalue weighted by molar-refractivity contribution is 9.10. The van der Waals surface area contributed by atoms with Crippen LogP contribution in [-0.2, 0) is 11.4 Å². The van der Waals surface area contributed by atoms with Gasteiger partial charge in [0.25, 0.3) is 5.91 Å². The van der Waals surface area contributed by atoms with Crippen molar-refractivity contribution in [1.82, 2.24) is 4.90 Å². The normalized spacial score (nSPS) is 18.4. The molecule has 0 bridgehead atoms. The Kier molecular flexibility index (Phi) is 8.49. The highest BCUT2D eigenvalue weighted by Gasteiger charge is 2.39. The summed E-state index contributed by atoms with van der Waals surface area (Å²) in [5.41, 5.74) is 2.06. The first-order chi connectivity index (χ1) is 18.5. The van der Waals surface area contributed by atoms with Gasteiger partial charge >= 0.3 is 0 Å². The predicted octanol–water partition coefficient (Wildman–Crippen LogP) is 8.11. The van der Waals surface area contributed by atoms with E-state index in [0.717, 1.165) is 41.3 Å². The van der Waals surface area contributed by atoms with Gasteiger partial charge in [-0.3, -0.25) is 9.69 Å². The van der Waals surface area contributed by atoms with Crippen molar-refractivity contribution in [2.75, 3.05) is 7.11 Å². The number of rotatable bonds is 7. The molecule has 3 aromatic rings. The van der Waals surface area contributed by atoms with Crippen molar-refractivity contribution in [1.29, 1.82) is 0 Å². The van der Waals surface area contributed by atoms with Gasteiger partial charge in [-0.15, -0.1) is 0 Å². The molecule has 1 aliphatic heterocycles. The van der Waals surface area contributed by atoms with Crippen LogP contribution in [0.2, 0.25) is 0 Å². The number of carbonyl (C=O) groups is 1. The van der Waals surface area contributed by atoms with Crippen LogP contribution in [0.1, 0.15) is 43.2 Å². The molecule has 0 aromatic heterocycles. The molecule has 0 spiro atoms. The van der Waals surface area contributed by atoms with Gasteiger partial charge in [-0.25, -0.2) is 9.38 Å². The van der Waals surface area contributed by atoms with Gasteiger partial charge in [0.1, 0.15) is 18.1 Å². The van der Waals surface area contributed by atoms with Crippen LogP contribution in [0.15, 0.2) is 81.1 Å². The summed E-state index contributed by atoms with van der Waals surface area (Å²) in [6.07, 6.45) is 6.97. The number of thioether (sulfide) groups is 1. The van der Waals surface area contributed by atoms with Crippen LogP contribution in [0.4, 0.5) is 10.1 Å². The lowest BCUT2D eigenvalue weighted by atomic mass is 9.94. The van der Waals surface area contributed by atoms with Crippen LogP contribution < -0.4 is 9.47 Å². The number of aliphatic imine (C=N–C) groups is 1. The fourth-order valence-corrected chi connectivity index (χ4v) is 6.16. The molecule has 2 fully saturated rings. The lowest BCUT2D eigenvalue weighted by molar-refractivity contribution is -0.124. The molecule has 1 aliphatic carbocycles. The highest BCUT2D eigenvalue weighted by Crippen LogP contribution is 2.41. The maximum absolute atomic E-state index is 14.4. The van der Waals surface area contributed by atoms with E-state index >= 15 is 0 Å². The number of hydrogen-bond donors (Lipinski definition) is 0. The average molecular weight is 596 g/mol. The molecule has 2 aliphatic rings. The summed E-state index contributed by atoms with van der Waals surface area (Å²) >= 11 is 4.92. The maximum atomic E-state index is 14.4. The van der Waals surface area contributed by atoms with Gasteiger partial charge in [0.2, 0.25) is 0 Å². The van der Waals surface area contributed by atoms with E-state index in [-0.39, 0.29) is 17.6 Å². The van der Waals surface area contributed by atoms with Crippen LogP contribution in [-0.4, -0.2) is 29.1 Å². The summed E-state index contributed by atoms with van der Waals surface area (Å²) in [6, 6.07) is 20.1. The first-order valence-corrected chi connectivity index (χ1v) is 14.2. The van der Waals surface area contributed by atoms with Crippen molar-refractivity contribution in [2.24, 2.45) is 4.99 Å². The average Bonchev–Trinajstić information content (AvgIpc) is 3.25. The highest BCUT2D eigenvalue weighted by atomic mass is 79.9. The molecule has 0 unspecified atom stereocenters. The van der Waals surface area contributed by atoms with Gasteiger partial charge in [0, 0.05) is 10.5 Å². The summed E-state index contributed by atoms with van der Waals surface area (Å²) in [7, 11) is 1.59. The second-order valence-corrected chi connectivity index (χ2v) is 11.1. The minimum atomic E-state index is -0.410. The van der Waals surface area contributed by atoms with Crippen molar-refractivity contribution in [3.8, 4) is 11.5 Å². The molecule has 5 rings (SSSR count). The monoisotopic (exact) mass is 594 g/mol. The summed E-state index contributed by atoms with van der Waals surface area (Å²) in [6.45, 7) is 0.407. The Morgan fingerprint density at radius 3 is 2.53 bits per heavy atom. The molecule has 1 saturated carbocycles. The Morgan fingerprint density at radius 2 is 1.79 bits per heavy atom. The Balaban J connectivity index is 1.45. The second-order valence-electron chi connectivity index (χ2n) is 9.22. The zero-order valence-electron chi connectivity index (χ0n) is 21.0. The molecule has 1 saturated heterocycles. The van der Waals surface area contributed by atoms with Crippen LogP contribution >= 0.6 is 27.7 Å². The number of halogens is 2. The molecule has 8 heteroatoms. The molecule has 38 heavy (non-hydrogen) atoms. The molecule has 196 valence electrons. The largest absolute Gasteiger partial charge is 0.493 e. The zero-order chi connectivity index (χ0) is 26.5. The van der Waals surface area contributed by atoms with Crippen molar-refractivity contribution in [3.05, 3.63) is 93.1 Å². The van der Waals surface area contributed by atoms with Gasteiger partial charge in [0.05, 0.1) is 12.0 Å². The van der Waals surface area contributed by atoms with E-state index in [9.17, 15) is 9.18 Å². The first kappa shape index (κ1) is 26.5. The second kappa shape index (κ2) is 12.2. The lowest BCUT2D eigenvalue weighted by Gasteiger charge is -2.30. The van der Waals surface area contributed by atoms with E-state index in [1.165, 1.54) is 24.2 Å². The number of methoxy groups -OCH3 is 1. The summed E-state index contributed by atoms with van der Waals surface area (Å²) < 4.78 is 26.8. The van der Waals surface area contributed by atoms with Gasteiger partial charge in [-0.05, 0) is 66.1 Å². The third-order valence-corrected chi connectivity index (χ3v) is 8.32. The third-order valence-electron chi connectivity index (χ3n) is 6.65. The first-order valence-electron chi connectivity index (χ1n) is 12.6. The molecule has 3 aromatic carbocycles. The van der Waals surface area contributed by atoms with Crippen molar-refractivity contribution >= 4 is 50.5 Å². The van der Waals surface area contributed by atoms with Crippen molar-refractivity contribution in [3.63, 3.8) is 0 Å². The summed E-state index contributed by atoms with van der Waals surface area (Å²) in [5.74, 6) is 0.650. The van der Waals surface area contributed by atoms with Gasteiger partial charge in [-0.1, -0.05) is 77.7 Å². The molecule has 1 amide bonds. The number of benzene rings is 3. The smallest absolute Gasteiger partial charge is 0.267 e. The molecule has 1 heterocycles. The Hall–Kier alpha value is -3.10. The summed E-state index contributed by atoms with van der Waals surface area (Å²) in [5, 5.41) is 0.518. The number of amides is 1. The van der Waals surface area contributed by atoms with E-state index in [1.54, 1.807) is 30.2 Å². The molecule has 0 N–H and O–H groups in total. The quantitative estimate of drug-likeness (QED) is 0.259. The van der Waals surface area contributed by atoms with Gasteiger partial charge < -0.3 is 9.47 Å². The minimum Gasteiger partial charge on any atom is -0.493 e. The maximum Gasteiger partial charge on any atom is 0.267 e. The van der Waals surface area contributed by atoms with E-state index in [2.05, 4.69) is 20.9 Å². The standard InChI is InChI=1S/C30H28BrFN2O3S/c1-36-26-16-21(23(31)18-27(26)37-19-20-10-4-2-5-11-20)17-28-29(35)34(22-12-6-3-7-13-22)30(38-28)33-25-15-9-8-14-24(25)32/h2,4-5,8-11,14-18,22H,3,6-7,12-13,19H2,1H3/b28-17-,33-30?. The molecule has 5 nitrogen and oxygen atoms in total. The minimum absolute atomic E-state index is 0.0620. The Morgan fingerprint density at radius 1 is 1.05 bits per heavy atom. The lowest BCUT2D eigenvalue weighted by Crippen LogP contribution is -2.40. The number of ether oxygens (including phenoxy) is 2. The summed E-state index contributed by atoms with van der Waals surface area (Å²) in [4.78, 5) is 20.6. The fraction of sp³-hybridized carbons (Fsp3) is 0.267. The van der Waals surface area contributed by atoms with E-state index < -0.39 is 5.82 Å². The van der Waals surface area contributed by atoms with E-state index in [4.69, 9.17) is 9.47 Å². The van der Waals surface area contributed by atoms with E-state index in [1.807, 2.05) is 48.5 Å². The third kappa shape index (κ3) is 5.97. The van der Waals surface area contributed by atoms with Crippen LogP contribution in [0, 0.1) is 5.82 Å². The van der Waals surface area contributed by atoms with Gasteiger partial charge in [-0.2, -0.15) is 0 Å². The predicted molar refractivity (Wildman–Crippen MR) is 154 cm³/mol. The number of nitrogens with zero attached hydrogens (tertiary/aromatic N) is 2. The number of hydrogen-bond acceptors (Lipinski definition) is 5. The Labute approximate surface area is 234 Å².